The summed E-state index contributed by atoms with van der Waals surface area (Å²) in [5, 5.41) is 13.5. The lowest BCUT2D eigenvalue weighted by Gasteiger charge is -2.53. The second-order valence-electron chi connectivity index (χ2n) is 7.36. The van der Waals surface area contributed by atoms with E-state index in [0.29, 0.717) is 31.6 Å². The van der Waals surface area contributed by atoms with E-state index in [1.165, 1.54) is 0 Å². The zero-order chi connectivity index (χ0) is 17.4. The smallest absolute Gasteiger partial charge is 0.156 e. The van der Waals surface area contributed by atoms with Gasteiger partial charge in [-0.25, -0.2) is 9.50 Å². The van der Waals surface area contributed by atoms with Crippen LogP contribution in [0, 0.1) is 17.2 Å². The van der Waals surface area contributed by atoms with Crippen molar-refractivity contribution in [2.75, 3.05) is 38.3 Å². The summed E-state index contributed by atoms with van der Waals surface area (Å²) in [4.78, 5) is 9.30. The summed E-state index contributed by atoms with van der Waals surface area (Å²) in [5.74, 6) is 1.52. The van der Waals surface area contributed by atoms with Crippen LogP contribution >= 0.6 is 0 Å². The van der Waals surface area contributed by atoms with Crippen LogP contribution in [0.25, 0.3) is 5.52 Å². The number of nitrogens with zero attached hydrogens (tertiary/aromatic N) is 6. The van der Waals surface area contributed by atoms with E-state index in [9.17, 15) is 5.26 Å². The van der Waals surface area contributed by atoms with E-state index < -0.39 is 0 Å². The van der Waals surface area contributed by atoms with Crippen molar-refractivity contribution in [1.82, 2.24) is 19.5 Å². The van der Waals surface area contributed by atoms with Gasteiger partial charge in [0.25, 0.3) is 0 Å². The molecule has 2 aliphatic rings. The Morgan fingerprint density at radius 2 is 2.32 bits per heavy atom. The lowest BCUT2D eigenvalue weighted by atomic mass is 9.84. The van der Waals surface area contributed by atoms with Crippen LogP contribution < -0.4 is 4.90 Å². The van der Waals surface area contributed by atoms with E-state index in [4.69, 9.17) is 4.74 Å². The van der Waals surface area contributed by atoms with Crippen LogP contribution in [-0.4, -0.2) is 64.4 Å². The topological polar surface area (TPSA) is 69.7 Å². The van der Waals surface area contributed by atoms with Crippen LogP contribution in [0.2, 0.25) is 0 Å². The van der Waals surface area contributed by atoms with Crippen LogP contribution in [0.5, 0.6) is 0 Å². The molecular formula is C18H24N6O. The van der Waals surface area contributed by atoms with Gasteiger partial charge >= 0.3 is 0 Å². The predicted molar refractivity (Wildman–Crippen MR) is 94.3 cm³/mol. The molecular weight excluding hydrogens is 316 g/mol. The zero-order valence-corrected chi connectivity index (χ0v) is 14.8. The summed E-state index contributed by atoms with van der Waals surface area (Å²) >= 11 is 0. The molecule has 0 N–H and O–H groups in total. The summed E-state index contributed by atoms with van der Waals surface area (Å²) in [6.07, 6.45) is 5.21. The van der Waals surface area contributed by atoms with Gasteiger partial charge in [0.05, 0.1) is 31.2 Å². The highest BCUT2D eigenvalue weighted by Gasteiger charge is 2.47. The number of fused-ring (bicyclic) bond motifs is 1. The molecule has 132 valence electrons. The van der Waals surface area contributed by atoms with Crippen molar-refractivity contribution < 1.29 is 4.74 Å². The van der Waals surface area contributed by atoms with Gasteiger partial charge in [-0.2, -0.15) is 10.4 Å². The Labute approximate surface area is 147 Å². The Kier molecular flexibility index (Phi) is 4.10. The summed E-state index contributed by atoms with van der Waals surface area (Å²) in [6.45, 7) is 5.60. The zero-order valence-electron chi connectivity index (χ0n) is 14.8. The summed E-state index contributed by atoms with van der Waals surface area (Å²) in [5.41, 5.74) is 0.928. The Hall–Kier alpha value is -2.17. The number of likely N-dealkylation sites (tertiary alicyclic amines) is 1. The quantitative estimate of drug-likeness (QED) is 0.841. The minimum absolute atomic E-state index is 0.0932. The Morgan fingerprint density at radius 3 is 3.04 bits per heavy atom. The largest absolute Gasteiger partial charge is 0.377 e. The first-order valence-electron chi connectivity index (χ1n) is 8.85. The number of hydrogen-bond acceptors (Lipinski definition) is 6. The fourth-order valence-corrected chi connectivity index (χ4v) is 4.15. The third kappa shape index (κ3) is 2.66. The van der Waals surface area contributed by atoms with Crippen LogP contribution in [0.1, 0.15) is 19.8 Å². The molecule has 0 aliphatic carbocycles. The van der Waals surface area contributed by atoms with E-state index >= 15 is 0 Å². The van der Waals surface area contributed by atoms with E-state index in [2.05, 4.69) is 39.9 Å². The maximum Gasteiger partial charge on any atom is 0.156 e. The lowest BCUT2D eigenvalue weighted by molar-refractivity contribution is -0.147. The normalized spacial score (nSPS) is 26.1. The minimum Gasteiger partial charge on any atom is -0.377 e. The number of hydrogen-bond donors (Lipinski definition) is 0. The van der Waals surface area contributed by atoms with E-state index in [-0.39, 0.29) is 5.54 Å². The maximum atomic E-state index is 9.23. The van der Waals surface area contributed by atoms with Crippen molar-refractivity contribution in [1.29, 1.82) is 5.26 Å². The highest BCUT2D eigenvalue weighted by atomic mass is 16.5. The molecule has 4 rings (SSSR count). The minimum atomic E-state index is -0.0932. The number of likely N-dealkylation sites (N-methyl/N-ethyl adjacent to an activating group) is 1. The molecule has 2 atom stereocenters. The first-order valence-corrected chi connectivity index (χ1v) is 8.85. The van der Waals surface area contributed by atoms with E-state index in [1.54, 1.807) is 6.33 Å². The number of ether oxygens (including phenoxy) is 1. The molecule has 0 bridgehead atoms. The number of aromatic nitrogens is 3. The van der Waals surface area contributed by atoms with Gasteiger partial charge in [-0.1, -0.05) is 6.92 Å². The molecule has 0 amide bonds. The highest BCUT2D eigenvalue weighted by Crippen LogP contribution is 2.35. The molecule has 0 spiro atoms. The number of rotatable bonds is 4. The second-order valence-corrected chi connectivity index (χ2v) is 7.36. The molecule has 7 nitrogen and oxygen atoms in total. The van der Waals surface area contributed by atoms with Crippen molar-refractivity contribution in [2.45, 2.75) is 31.3 Å². The van der Waals surface area contributed by atoms with E-state index in [0.717, 1.165) is 30.8 Å². The van der Waals surface area contributed by atoms with Crippen molar-refractivity contribution >= 4 is 11.3 Å². The number of nitriles is 1. The van der Waals surface area contributed by atoms with Crippen molar-refractivity contribution in [2.24, 2.45) is 5.92 Å². The highest BCUT2D eigenvalue weighted by molar-refractivity contribution is 5.68. The van der Waals surface area contributed by atoms with Crippen molar-refractivity contribution in [3.63, 3.8) is 0 Å². The summed E-state index contributed by atoms with van der Waals surface area (Å²) in [7, 11) is 2.12. The Morgan fingerprint density at radius 1 is 1.48 bits per heavy atom. The average Bonchev–Trinajstić information content (AvgIpc) is 3.07. The Balaban J connectivity index is 1.60. The van der Waals surface area contributed by atoms with Crippen LogP contribution in [-0.2, 0) is 4.74 Å². The molecule has 2 saturated heterocycles. The van der Waals surface area contributed by atoms with Crippen molar-refractivity contribution in [3.8, 4) is 6.07 Å². The molecule has 0 radical (unpaired) electrons. The molecule has 7 heteroatoms. The van der Waals surface area contributed by atoms with Gasteiger partial charge in [-0.3, -0.25) is 4.90 Å². The SMILES string of the molecule is C[C@@H]1CCN(C2(CC#N)COC2)C[C@@H]1N(C)c1ncnn2cccc12. The van der Waals surface area contributed by atoms with Crippen LogP contribution in [0.15, 0.2) is 24.7 Å². The van der Waals surface area contributed by atoms with Gasteiger partial charge in [0.1, 0.15) is 11.8 Å². The fourth-order valence-electron chi connectivity index (χ4n) is 4.15. The third-order valence-corrected chi connectivity index (χ3v) is 5.88. The Bertz CT molecular complexity index is 792. The van der Waals surface area contributed by atoms with Crippen molar-refractivity contribution in [3.05, 3.63) is 24.7 Å². The standard InChI is InChI=1S/C18H24N6O/c1-14-5-9-23(18(6-7-19)11-25-12-18)10-16(14)22(2)17-15-4-3-8-24(15)21-13-20-17/h3-4,8,13-14,16H,5-6,9-12H2,1-2H3/t14-,16+/m1/s1. The fraction of sp³-hybridized carbons (Fsp3) is 0.611. The average molecular weight is 340 g/mol. The van der Waals surface area contributed by atoms with Gasteiger partial charge in [-0.15, -0.1) is 0 Å². The molecule has 0 aromatic carbocycles. The first-order chi connectivity index (χ1) is 12.1. The lowest BCUT2D eigenvalue weighted by Crippen LogP contribution is -2.67. The molecule has 0 unspecified atom stereocenters. The second kappa shape index (κ2) is 6.28. The molecule has 2 aromatic rings. The van der Waals surface area contributed by atoms with Gasteiger partial charge in [0.2, 0.25) is 0 Å². The van der Waals surface area contributed by atoms with Gasteiger partial charge in [0, 0.05) is 25.8 Å². The molecule has 2 fully saturated rings. The molecule has 2 aliphatic heterocycles. The molecule has 25 heavy (non-hydrogen) atoms. The monoisotopic (exact) mass is 340 g/mol. The number of anilines is 1. The summed E-state index contributed by atoms with van der Waals surface area (Å²) < 4.78 is 7.33. The third-order valence-electron chi connectivity index (χ3n) is 5.88. The molecule has 4 heterocycles. The van der Waals surface area contributed by atoms with Gasteiger partial charge < -0.3 is 9.64 Å². The van der Waals surface area contributed by atoms with Gasteiger partial charge in [-0.05, 0) is 31.0 Å². The summed E-state index contributed by atoms with van der Waals surface area (Å²) in [6, 6.07) is 6.74. The first kappa shape index (κ1) is 16.3. The maximum absolute atomic E-state index is 9.23. The van der Waals surface area contributed by atoms with Gasteiger partial charge in [0.15, 0.2) is 5.82 Å². The van der Waals surface area contributed by atoms with Crippen LogP contribution in [0.3, 0.4) is 0 Å². The van der Waals surface area contributed by atoms with Crippen LogP contribution in [0.4, 0.5) is 5.82 Å². The predicted octanol–water partition coefficient (Wildman–Crippen LogP) is 1.56. The number of piperidine rings is 1. The molecule has 0 saturated carbocycles. The van der Waals surface area contributed by atoms with E-state index in [1.807, 2.05) is 22.8 Å². The molecule has 2 aromatic heterocycles.